The van der Waals surface area contributed by atoms with Gasteiger partial charge in [0.15, 0.2) is 16.6 Å². The van der Waals surface area contributed by atoms with Gasteiger partial charge in [-0.25, -0.2) is 4.98 Å². The van der Waals surface area contributed by atoms with Crippen LogP contribution in [0.2, 0.25) is 0 Å². The minimum Gasteiger partial charge on any atom is -0.462 e. The van der Waals surface area contributed by atoms with Gasteiger partial charge in [-0.15, -0.1) is 11.3 Å². The van der Waals surface area contributed by atoms with E-state index in [0.29, 0.717) is 23.8 Å². The van der Waals surface area contributed by atoms with Crippen LogP contribution in [0, 0.1) is 0 Å². The molecule has 0 spiro atoms. The minimum atomic E-state index is -0.396. The van der Waals surface area contributed by atoms with E-state index in [1.54, 1.807) is 29.3 Å². The van der Waals surface area contributed by atoms with Crippen LogP contribution in [0.5, 0.6) is 0 Å². The summed E-state index contributed by atoms with van der Waals surface area (Å²) in [7, 11) is 0. The van der Waals surface area contributed by atoms with Crippen LogP contribution in [0.1, 0.15) is 12.1 Å². The molecule has 0 saturated carbocycles. The predicted octanol–water partition coefficient (Wildman–Crippen LogP) is 1.66. The number of nitrogens with one attached hydrogen (secondary N) is 1. The van der Waals surface area contributed by atoms with E-state index < -0.39 is 5.91 Å². The summed E-state index contributed by atoms with van der Waals surface area (Å²) in [6.07, 6.45) is 3.60. The Morgan fingerprint density at radius 3 is 3.00 bits per heavy atom. The zero-order valence-electron chi connectivity index (χ0n) is 12.6. The van der Waals surface area contributed by atoms with E-state index in [1.807, 2.05) is 11.4 Å². The molecule has 0 aliphatic rings. The third-order valence-corrected chi connectivity index (χ3v) is 4.03. The smallest absolute Gasteiger partial charge is 0.231 e. The summed E-state index contributed by atoms with van der Waals surface area (Å²) in [5.41, 5.74) is 5.75. The van der Waals surface area contributed by atoms with Crippen LogP contribution < -0.4 is 11.1 Å². The van der Waals surface area contributed by atoms with Gasteiger partial charge in [0.1, 0.15) is 0 Å². The van der Waals surface area contributed by atoms with E-state index in [1.165, 1.54) is 11.3 Å². The predicted molar refractivity (Wildman–Crippen MR) is 88.2 cm³/mol. The number of carbonyl (C=O) groups is 2. The molecule has 0 atom stereocenters. The lowest BCUT2D eigenvalue weighted by molar-refractivity contribution is -0.118. The van der Waals surface area contributed by atoms with Gasteiger partial charge < -0.3 is 15.5 Å². The molecule has 0 unspecified atom stereocenters. The van der Waals surface area contributed by atoms with Crippen LogP contribution in [-0.2, 0) is 22.6 Å². The van der Waals surface area contributed by atoms with Crippen LogP contribution in [0.3, 0.4) is 0 Å². The second-order valence-electron chi connectivity index (χ2n) is 5.03. The lowest BCUT2D eigenvalue weighted by Gasteiger charge is -2.00. The average molecular weight is 345 g/mol. The number of thiazole rings is 1. The molecular weight excluding hydrogens is 330 g/mol. The molecule has 3 heterocycles. The number of hydrogen-bond donors (Lipinski definition) is 2. The zero-order valence-corrected chi connectivity index (χ0v) is 13.5. The first-order valence-electron chi connectivity index (χ1n) is 7.20. The van der Waals surface area contributed by atoms with Gasteiger partial charge in [0, 0.05) is 30.6 Å². The Balaban J connectivity index is 1.55. The summed E-state index contributed by atoms with van der Waals surface area (Å²) in [4.78, 5) is 27.2. The van der Waals surface area contributed by atoms with Crippen LogP contribution in [0.15, 0.2) is 40.5 Å². The van der Waals surface area contributed by atoms with Gasteiger partial charge in [0.2, 0.25) is 11.8 Å². The van der Waals surface area contributed by atoms with Gasteiger partial charge in [0.05, 0.1) is 18.4 Å². The highest BCUT2D eigenvalue weighted by Gasteiger charge is 2.11. The van der Waals surface area contributed by atoms with Crippen LogP contribution in [0.25, 0.3) is 10.8 Å². The van der Waals surface area contributed by atoms with Gasteiger partial charge in [-0.05, 0) is 12.1 Å². The molecule has 0 saturated heterocycles. The van der Waals surface area contributed by atoms with Crippen molar-refractivity contribution >= 4 is 29.0 Å². The number of furan rings is 1. The molecule has 3 aromatic rings. The van der Waals surface area contributed by atoms with Gasteiger partial charge in [0.25, 0.3) is 0 Å². The van der Waals surface area contributed by atoms with E-state index in [-0.39, 0.29) is 18.7 Å². The molecule has 24 heavy (non-hydrogen) atoms. The Hall–Kier alpha value is -2.94. The summed E-state index contributed by atoms with van der Waals surface area (Å²) < 4.78 is 6.83. The van der Waals surface area contributed by atoms with Crippen molar-refractivity contribution in [2.75, 3.05) is 5.32 Å². The van der Waals surface area contributed by atoms with E-state index in [2.05, 4.69) is 15.4 Å². The Morgan fingerprint density at radius 2 is 2.25 bits per heavy atom. The Morgan fingerprint density at radius 1 is 1.38 bits per heavy atom. The highest BCUT2D eigenvalue weighted by atomic mass is 32.1. The lowest BCUT2D eigenvalue weighted by atomic mass is 10.3. The Kier molecular flexibility index (Phi) is 4.71. The first-order chi connectivity index (χ1) is 11.6. The first kappa shape index (κ1) is 15.9. The molecule has 124 valence electrons. The molecule has 0 bridgehead atoms. The third kappa shape index (κ3) is 4.07. The first-order valence-corrected chi connectivity index (χ1v) is 8.08. The summed E-state index contributed by atoms with van der Waals surface area (Å²) in [6.45, 7) is 0.379. The van der Waals surface area contributed by atoms with Gasteiger partial charge in [-0.1, -0.05) is 0 Å². The number of hydrogen-bond acceptors (Lipinski definition) is 6. The zero-order chi connectivity index (χ0) is 16.9. The Bertz CT molecular complexity index is 837. The molecule has 3 N–H and O–H groups in total. The number of aryl methyl sites for hydroxylation is 1. The minimum absolute atomic E-state index is 0.144. The maximum Gasteiger partial charge on any atom is 0.231 e. The fourth-order valence-corrected chi connectivity index (χ4v) is 2.82. The molecular formula is C15H15N5O3S. The second kappa shape index (κ2) is 7.09. The molecule has 0 fully saturated rings. The van der Waals surface area contributed by atoms with E-state index in [9.17, 15) is 9.59 Å². The fourth-order valence-electron chi connectivity index (χ4n) is 2.03. The van der Waals surface area contributed by atoms with Gasteiger partial charge in [-0.2, -0.15) is 5.10 Å². The van der Waals surface area contributed by atoms with Crippen molar-refractivity contribution in [2.24, 2.45) is 5.73 Å². The summed E-state index contributed by atoms with van der Waals surface area (Å²) in [5, 5.41) is 9.41. The average Bonchev–Trinajstić information content (AvgIpc) is 3.26. The number of aromatic nitrogens is 3. The number of primary amides is 1. The van der Waals surface area contributed by atoms with Crippen molar-refractivity contribution in [2.45, 2.75) is 19.4 Å². The van der Waals surface area contributed by atoms with Crippen molar-refractivity contribution < 1.29 is 14.0 Å². The molecule has 8 nitrogen and oxygen atoms in total. The molecule has 0 aliphatic carbocycles. The van der Waals surface area contributed by atoms with Crippen molar-refractivity contribution in [1.29, 1.82) is 0 Å². The number of nitrogens with zero attached hydrogens (tertiary/aromatic N) is 3. The summed E-state index contributed by atoms with van der Waals surface area (Å²) >= 11 is 1.42. The van der Waals surface area contributed by atoms with Crippen molar-refractivity contribution in [1.82, 2.24) is 14.8 Å². The third-order valence-electron chi connectivity index (χ3n) is 3.12. The molecule has 0 radical (unpaired) electrons. The van der Waals surface area contributed by atoms with E-state index >= 15 is 0 Å². The molecule has 3 aromatic heterocycles. The van der Waals surface area contributed by atoms with Crippen LogP contribution >= 0.6 is 11.3 Å². The molecule has 2 amide bonds. The number of rotatable bonds is 7. The number of amides is 2. The lowest BCUT2D eigenvalue weighted by Crippen LogP contribution is -2.16. The molecule has 3 rings (SSSR count). The number of nitrogens with two attached hydrogens (primary N) is 1. The SMILES string of the molecule is NC(=O)CCn1ccc(NC(=O)Cc2csc(-c3ccco3)n2)n1. The largest absolute Gasteiger partial charge is 0.462 e. The van der Waals surface area contributed by atoms with Crippen LogP contribution in [-0.4, -0.2) is 26.6 Å². The summed E-state index contributed by atoms with van der Waals surface area (Å²) in [6, 6.07) is 5.27. The molecule has 9 heteroatoms. The fraction of sp³-hybridized carbons (Fsp3) is 0.200. The standard InChI is InChI=1S/C15H15N5O3S/c16-12(21)3-5-20-6-4-13(19-20)18-14(22)8-10-9-24-15(17-10)11-2-1-7-23-11/h1-2,4,6-7,9H,3,5,8H2,(H2,16,21)(H,18,19,22). The highest BCUT2D eigenvalue weighted by molar-refractivity contribution is 7.13. The Labute approximate surface area is 141 Å². The molecule has 0 aliphatic heterocycles. The van der Waals surface area contributed by atoms with Gasteiger partial charge >= 0.3 is 0 Å². The van der Waals surface area contributed by atoms with E-state index in [0.717, 1.165) is 5.01 Å². The topological polar surface area (TPSA) is 116 Å². The maximum atomic E-state index is 12.1. The van der Waals surface area contributed by atoms with Crippen molar-refractivity contribution in [3.63, 3.8) is 0 Å². The quantitative estimate of drug-likeness (QED) is 0.675. The van der Waals surface area contributed by atoms with Gasteiger partial charge in [-0.3, -0.25) is 14.3 Å². The molecule has 0 aromatic carbocycles. The number of carbonyl (C=O) groups excluding carboxylic acids is 2. The van der Waals surface area contributed by atoms with Crippen molar-refractivity contribution in [3.8, 4) is 10.8 Å². The highest BCUT2D eigenvalue weighted by Crippen LogP contribution is 2.24. The van der Waals surface area contributed by atoms with E-state index in [4.69, 9.17) is 10.2 Å². The summed E-state index contributed by atoms with van der Waals surface area (Å²) in [5.74, 6) is 0.490. The monoisotopic (exact) mass is 345 g/mol. The maximum absolute atomic E-state index is 12.1. The van der Waals surface area contributed by atoms with Crippen LogP contribution in [0.4, 0.5) is 5.82 Å². The number of anilines is 1. The van der Waals surface area contributed by atoms with Crippen molar-refractivity contribution in [3.05, 3.63) is 41.7 Å². The normalized spacial score (nSPS) is 10.7. The second-order valence-corrected chi connectivity index (χ2v) is 5.88.